The summed E-state index contributed by atoms with van der Waals surface area (Å²) in [6.07, 6.45) is 0. The maximum Gasteiger partial charge on any atom is 0.280 e. The molecule has 0 aliphatic heterocycles. The van der Waals surface area contributed by atoms with Gasteiger partial charge in [0.1, 0.15) is 5.52 Å². The van der Waals surface area contributed by atoms with E-state index >= 15 is 0 Å². The third-order valence-electron chi connectivity index (χ3n) is 4.32. The lowest BCUT2D eigenvalue weighted by atomic mass is 10.1. The monoisotopic (exact) mass is 390 g/mol. The molecular weight excluding hydrogens is 380 g/mol. The smallest absolute Gasteiger partial charge is 0.267 e. The molecule has 0 atom stereocenters. The summed E-state index contributed by atoms with van der Waals surface area (Å²) in [5.74, 6) is -0.244. The standard InChI is InChI=1S/C20H11ClN4OS/c21-19-10-9-18(27-19)16-11-13(12-5-1-2-6-14(12)22-16)20(26)25-17-8-4-3-7-15(17)23-24-25/h1-11H. The zero-order valence-electron chi connectivity index (χ0n) is 13.8. The van der Waals surface area contributed by atoms with Gasteiger partial charge in [0.25, 0.3) is 5.91 Å². The van der Waals surface area contributed by atoms with Crippen LogP contribution in [0.3, 0.4) is 0 Å². The van der Waals surface area contributed by atoms with Crippen LogP contribution in [0.1, 0.15) is 10.4 Å². The Bertz CT molecular complexity index is 1320. The fourth-order valence-electron chi connectivity index (χ4n) is 3.06. The summed E-state index contributed by atoms with van der Waals surface area (Å²) in [7, 11) is 0. The third-order valence-corrected chi connectivity index (χ3v) is 5.57. The van der Waals surface area contributed by atoms with Crippen LogP contribution < -0.4 is 0 Å². The molecule has 0 fully saturated rings. The molecule has 0 aliphatic rings. The molecule has 0 radical (unpaired) electrons. The van der Waals surface area contributed by atoms with Gasteiger partial charge in [0, 0.05) is 5.39 Å². The number of hydrogen-bond donors (Lipinski definition) is 0. The number of benzene rings is 2. The van der Waals surface area contributed by atoms with Gasteiger partial charge < -0.3 is 0 Å². The first-order valence-corrected chi connectivity index (χ1v) is 9.41. The summed E-state index contributed by atoms with van der Waals surface area (Å²) in [6, 6.07) is 20.5. The number of thiophene rings is 1. The maximum atomic E-state index is 13.3. The van der Waals surface area contributed by atoms with Crippen molar-refractivity contribution in [3.63, 3.8) is 0 Å². The lowest BCUT2D eigenvalue weighted by Gasteiger charge is -2.08. The number of hydrogen-bond acceptors (Lipinski definition) is 5. The maximum absolute atomic E-state index is 13.3. The Morgan fingerprint density at radius 2 is 1.74 bits per heavy atom. The zero-order valence-corrected chi connectivity index (χ0v) is 15.4. The second-order valence-corrected chi connectivity index (χ2v) is 7.69. The highest BCUT2D eigenvalue weighted by Gasteiger charge is 2.19. The highest BCUT2D eigenvalue weighted by molar-refractivity contribution is 7.19. The highest BCUT2D eigenvalue weighted by Crippen LogP contribution is 2.32. The fraction of sp³-hybridized carbons (Fsp3) is 0. The molecule has 0 N–H and O–H groups in total. The van der Waals surface area contributed by atoms with E-state index < -0.39 is 0 Å². The van der Waals surface area contributed by atoms with Crippen molar-refractivity contribution < 1.29 is 4.79 Å². The molecule has 0 bridgehead atoms. The van der Waals surface area contributed by atoms with Crippen molar-refractivity contribution in [3.05, 3.63) is 76.6 Å². The lowest BCUT2D eigenvalue weighted by Crippen LogP contribution is -2.14. The molecule has 5 nitrogen and oxygen atoms in total. The first-order valence-electron chi connectivity index (χ1n) is 8.21. The van der Waals surface area contributed by atoms with Crippen molar-refractivity contribution in [2.45, 2.75) is 0 Å². The summed E-state index contributed by atoms with van der Waals surface area (Å²) < 4.78 is 2.01. The van der Waals surface area contributed by atoms with E-state index in [9.17, 15) is 4.79 Å². The first kappa shape index (κ1) is 16.1. The molecule has 0 saturated carbocycles. The van der Waals surface area contributed by atoms with E-state index in [1.165, 1.54) is 16.0 Å². The topological polar surface area (TPSA) is 60.7 Å². The summed E-state index contributed by atoms with van der Waals surface area (Å²) in [4.78, 5) is 18.9. The van der Waals surface area contributed by atoms with Crippen LogP contribution in [-0.4, -0.2) is 25.9 Å². The largest absolute Gasteiger partial charge is 0.280 e. The molecule has 27 heavy (non-hydrogen) atoms. The van der Waals surface area contributed by atoms with E-state index in [4.69, 9.17) is 16.6 Å². The minimum absolute atomic E-state index is 0.244. The van der Waals surface area contributed by atoms with Crippen LogP contribution in [0, 0.1) is 0 Å². The van der Waals surface area contributed by atoms with Gasteiger partial charge in [0.2, 0.25) is 0 Å². The molecule has 130 valence electrons. The molecule has 0 spiro atoms. The summed E-state index contributed by atoms with van der Waals surface area (Å²) in [5, 5.41) is 8.93. The Morgan fingerprint density at radius 1 is 0.963 bits per heavy atom. The van der Waals surface area contributed by atoms with Crippen molar-refractivity contribution in [1.29, 1.82) is 0 Å². The van der Waals surface area contributed by atoms with Gasteiger partial charge in [-0.3, -0.25) is 4.79 Å². The number of rotatable bonds is 2. The van der Waals surface area contributed by atoms with E-state index in [-0.39, 0.29) is 5.91 Å². The molecule has 3 aromatic heterocycles. The highest BCUT2D eigenvalue weighted by atomic mass is 35.5. The van der Waals surface area contributed by atoms with Gasteiger partial charge in [-0.2, -0.15) is 4.68 Å². The molecular formula is C20H11ClN4OS. The Labute approximate surface area is 162 Å². The number of pyridine rings is 1. The quantitative estimate of drug-likeness (QED) is 0.423. The zero-order chi connectivity index (χ0) is 18.4. The molecule has 0 amide bonds. The molecule has 3 heterocycles. The molecule has 7 heteroatoms. The number of nitrogens with zero attached hydrogens (tertiary/aromatic N) is 4. The van der Waals surface area contributed by atoms with Crippen molar-refractivity contribution in [3.8, 4) is 10.6 Å². The second-order valence-electron chi connectivity index (χ2n) is 5.97. The average molecular weight is 391 g/mol. The number of carbonyl (C=O) groups is 1. The summed E-state index contributed by atoms with van der Waals surface area (Å²) >= 11 is 7.51. The van der Waals surface area contributed by atoms with Crippen molar-refractivity contribution in [2.24, 2.45) is 0 Å². The number of carbonyl (C=O) groups excluding carboxylic acids is 1. The van der Waals surface area contributed by atoms with E-state index in [1.807, 2.05) is 60.7 Å². The molecule has 0 saturated heterocycles. The second kappa shape index (κ2) is 6.26. The van der Waals surface area contributed by atoms with Gasteiger partial charge in [-0.25, -0.2) is 4.98 Å². The fourth-order valence-corrected chi connectivity index (χ4v) is 4.07. The molecule has 5 aromatic rings. The van der Waals surface area contributed by atoms with Crippen LogP contribution in [0.4, 0.5) is 0 Å². The minimum Gasteiger partial charge on any atom is -0.267 e. The van der Waals surface area contributed by atoms with Gasteiger partial charge in [0.15, 0.2) is 0 Å². The van der Waals surface area contributed by atoms with Crippen LogP contribution >= 0.6 is 22.9 Å². The van der Waals surface area contributed by atoms with Gasteiger partial charge in [-0.05, 0) is 36.4 Å². The predicted octanol–water partition coefficient (Wildman–Crippen LogP) is 5.05. The van der Waals surface area contributed by atoms with Crippen LogP contribution in [0.5, 0.6) is 0 Å². The SMILES string of the molecule is O=C(c1cc(-c2ccc(Cl)s2)nc2ccccc12)n1nnc2ccccc21. The number of para-hydroxylation sites is 2. The van der Waals surface area contributed by atoms with Crippen molar-refractivity contribution >= 4 is 50.8 Å². The van der Waals surface area contributed by atoms with E-state index in [0.29, 0.717) is 26.6 Å². The van der Waals surface area contributed by atoms with Gasteiger partial charge in [-0.1, -0.05) is 47.1 Å². The molecule has 0 aliphatic carbocycles. The number of fused-ring (bicyclic) bond motifs is 2. The van der Waals surface area contributed by atoms with Crippen LogP contribution in [0.15, 0.2) is 66.7 Å². The van der Waals surface area contributed by atoms with Gasteiger partial charge in [0.05, 0.1) is 31.5 Å². The van der Waals surface area contributed by atoms with Gasteiger partial charge in [-0.15, -0.1) is 16.4 Å². The molecule has 2 aromatic carbocycles. The van der Waals surface area contributed by atoms with Crippen LogP contribution in [0.25, 0.3) is 32.5 Å². The minimum atomic E-state index is -0.244. The normalized spacial score (nSPS) is 11.3. The number of aromatic nitrogens is 4. The predicted molar refractivity (Wildman–Crippen MR) is 107 cm³/mol. The third kappa shape index (κ3) is 2.70. The Morgan fingerprint density at radius 3 is 2.56 bits per heavy atom. The Balaban J connectivity index is 1.75. The van der Waals surface area contributed by atoms with E-state index in [0.717, 1.165) is 15.8 Å². The molecule has 5 rings (SSSR count). The number of halogens is 1. The van der Waals surface area contributed by atoms with Crippen molar-refractivity contribution in [1.82, 2.24) is 20.0 Å². The Hall–Kier alpha value is -3.09. The summed E-state index contributed by atoms with van der Waals surface area (Å²) in [5.41, 5.74) is 3.32. The van der Waals surface area contributed by atoms with Gasteiger partial charge >= 0.3 is 0 Å². The Kier molecular flexibility index (Phi) is 3.74. The van der Waals surface area contributed by atoms with Crippen molar-refractivity contribution in [2.75, 3.05) is 0 Å². The summed E-state index contributed by atoms with van der Waals surface area (Å²) in [6.45, 7) is 0. The van der Waals surface area contributed by atoms with Crippen LogP contribution in [-0.2, 0) is 0 Å². The van der Waals surface area contributed by atoms with Crippen LogP contribution in [0.2, 0.25) is 4.34 Å². The lowest BCUT2D eigenvalue weighted by molar-refractivity contribution is 0.0950. The first-order chi connectivity index (χ1) is 13.2. The van der Waals surface area contributed by atoms with E-state index in [2.05, 4.69) is 10.3 Å². The van der Waals surface area contributed by atoms with E-state index in [1.54, 1.807) is 6.07 Å². The average Bonchev–Trinajstić information content (AvgIpc) is 3.33. The molecule has 0 unspecified atom stereocenters.